The molecule has 0 amide bonds. The lowest BCUT2D eigenvalue weighted by molar-refractivity contribution is -0.213. The fourth-order valence-corrected chi connectivity index (χ4v) is 2.90. The molecule has 1 N–H and O–H groups in total. The normalized spacial score (nSPS) is 31.3. The van der Waals surface area contributed by atoms with Crippen LogP contribution in [-0.2, 0) is 9.47 Å². The van der Waals surface area contributed by atoms with Gasteiger partial charge in [-0.3, -0.25) is 0 Å². The molecule has 19 heavy (non-hydrogen) atoms. The predicted octanol–water partition coefficient (Wildman–Crippen LogP) is 3.41. The average Bonchev–Trinajstić information content (AvgIpc) is 2.49. The lowest BCUT2D eigenvalue weighted by Gasteiger charge is -2.35. The zero-order valence-corrected chi connectivity index (χ0v) is 11.0. The van der Waals surface area contributed by atoms with Crippen molar-refractivity contribution in [3.05, 3.63) is 42.0 Å². The Bertz CT molecular complexity index is 447. The number of phenolic OH excluding ortho intramolecular Hbond substituents is 1. The highest BCUT2D eigenvalue weighted by atomic mass is 16.7. The molecular formula is C16H20O3. The monoisotopic (exact) mass is 260 g/mol. The van der Waals surface area contributed by atoms with Gasteiger partial charge in [0.15, 0.2) is 6.29 Å². The SMILES string of the molecule is Oc1ccccc1C1OCC(C2CC=CCC2)CO1. The Balaban J connectivity index is 1.60. The van der Waals surface area contributed by atoms with Crippen molar-refractivity contribution >= 4 is 0 Å². The summed E-state index contributed by atoms with van der Waals surface area (Å²) >= 11 is 0. The molecule has 3 nitrogen and oxygen atoms in total. The van der Waals surface area contributed by atoms with Crippen molar-refractivity contribution in [2.45, 2.75) is 25.6 Å². The first-order valence-corrected chi connectivity index (χ1v) is 7.00. The van der Waals surface area contributed by atoms with Gasteiger partial charge in [0.1, 0.15) is 5.75 Å². The minimum absolute atomic E-state index is 0.242. The Morgan fingerprint density at radius 2 is 1.79 bits per heavy atom. The second-order valence-corrected chi connectivity index (χ2v) is 5.36. The highest BCUT2D eigenvalue weighted by molar-refractivity contribution is 5.32. The van der Waals surface area contributed by atoms with Crippen LogP contribution < -0.4 is 0 Å². The molecule has 1 aromatic rings. The number of hydrogen-bond donors (Lipinski definition) is 1. The minimum Gasteiger partial charge on any atom is -0.507 e. The molecule has 1 aliphatic carbocycles. The molecule has 0 spiro atoms. The number of hydrogen-bond acceptors (Lipinski definition) is 3. The first-order chi connectivity index (χ1) is 9.34. The minimum atomic E-state index is -0.420. The molecule has 0 bridgehead atoms. The van der Waals surface area contributed by atoms with Crippen molar-refractivity contribution in [3.63, 3.8) is 0 Å². The molecule has 1 aliphatic heterocycles. The first kappa shape index (κ1) is 12.7. The zero-order valence-electron chi connectivity index (χ0n) is 11.0. The van der Waals surface area contributed by atoms with E-state index in [-0.39, 0.29) is 5.75 Å². The van der Waals surface area contributed by atoms with Gasteiger partial charge in [-0.1, -0.05) is 30.4 Å². The van der Waals surface area contributed by atoms with Gasteiger partial charge in [0.2, 0.25) is 0 Å². The molecule has 1 saturated heterocycles. The summed E-state index contributed by atoms with van der Waals surface area (Å²) in [5.74, 6) is 1.40. The maximum atomic E-state index is 9.81. The maximum absolute atomic E-state index is 9.81. The predicted molar refractivity (Wildman–Crippen MR) is 72.7 cm³/mol. The van der Waals surface area contributed by atoms with Gasteiger partial charge in [0.25, 0.3) is 0 Å². The van der Waals surface area contributed by atoms with Gasteiger partial charge in [-0.05, 0) is 31.2 Å². The van der Waals surface area contributed by atoms with Gasteiger partial charge in [0.05, 0.1) is 13.2 Å². The van der Waals surface area contributed by atoms with Gasteiger partial charge in [-0.25, -0.2) is 0 Å². The summed E-state index contributed by atoms with van der Waals surface area (Å²) < 4.78 is 11.6. The molecule has 0 aromatic heterocycles. The third kappa shape index (κ3) is 2.82. The van der Waals surface area contributed by atoms with Crippen molar-refractivity contribution in [3.8, 4) is 5.75 Å². The molecule has 3 rings (SSSR count). The Labute approximate surface area is 113 Å². The largest absolute Gasteiger partial charge is 0.507 e. The smallest absolute Gasteiger partial charge is 0.187 e. The molecule has 1 fully saturated rings. The summed E-state index contributed by atoms with van der Waals surface area (Å²) in [7, 11) is 0. The molecule has 0 radical (unpaired) electrons. The summed E-state index contributed by atoms with van der Waals surface area (Å²) in [5.41, 5.74) is 0.726. The van der Waals surface area contributed by atoms with Crippen molar-refractivity contribution in [2.75, 3.05) is 13.2 Å². The second kappa shape index (κ2) is 5.76. The molecule has 0 saturated carbocycles. The lowest BCUT2D eigenvalue weighted by atomic mass is 9.83. The van der Waals surface area contributed by atoms with E-state index in [9.17, 15) is 5.11 Å². The lowest BCUT2D eigenvalue weighted by Crippen LogP contribution is -2.32. The topological polar surface area (TPSA) is 38.7 Å². The Hall–Kier alpha value is -1.32. The third-order valence-electron chi connectivity index (χ3n) is 4.09. The average molecular weight is 260 g/mol. The van der Waals surface area contributed by atoms with Crippen LogP contribution in [-0.4, -0.2) is 18.3 Å². The van der Waals surface area contributed by atoms with E-state index in [0.29, 0.717) is 11.8 Å². The Morgan fingerprint density at radius 3 is 2.47 bits per heavy atom. The fraction of sp³-hybridized carbons (Fsp3) is 0.500. The number of rotatable bonds is 2. The molecule has 1 aromatic carbocycles. The van der Waals surface area contributed by atoms with Gasteiger partial charge >= 0.3 is 0 Å². The van der Waals surface area contributed by atoms with Crippen molar-refractivity contribution < 1.29 is 14.6 Å². The van der Waals surface area contributed by atoms with Crippen LogP contribution in [0, 0.1) is 11.8 Å². The molecule has 1 unspecified atom stereocenters. The highest BCUT2D eigenvalue weighted by Gasteiger charge is 2.30. The van der Waals surface area contributed by atoms with Crippen LogP contribution in [0.5, 0.6) is 5.75 Å². The molecular weight excluding hydrogens is 240 g/mol. The molecule has 2 aliphatic rings. The standard InChI is InChI=1S/C16H20O3/c17-15-9-5-4-8-14(15)16-18-10-13(11-19-16)12-6-2-1-3-7-12/h1-2,4-5,8-9,12-13,16-17H,3,6-7,10-11H2. The van der Waals surface area contributed by atoms with Crippen LogP contribution >= 0.6 is 0 Å². The summed E-state index contributed by atoms with van der Waals surface area (Å²) in [5, 5.41) is 9.81. The number of allylic oxidation sites excluding steroid dienone is 2. The van der Waals surface area contributed by atoms with Crippen LogP contribution in [0.15, 0.2) is 36.4 Å². The second-order valence-electron chi connectivity index (χ2n) is 5.36. The summed E-state index contributed by atoms with van der Waals surface area (Å²) in [4.78, 5) is 0. The number of phenols is 1. The van der Waals surface area contributed by atoms with Crippen molar-refractivity contribution in [2.24, 2.45) is 11.8 Å². The quantitative estimate of drug-likeness (QED) is 0.828. The van der Waals surface area contributed by atoms with E-state index in [0.717, 1.165) is 25.2 Å². The van der Waals surface area contributed by atoms with E-state index >= 15 is 0 Å². The molecule has 3 heteroatoms. The van der Waals surface area contributed by atoms with Crippen LogP contribution in [0.25, 0.3) is 0 Å². The molecule has 1 atom stereocenters. The van der Waals surface area contributed by atoms with Crippen LogP contribution in [0.3, 0.4) is 0 Å². The molecule has 1 heterocycles. The third-order valence-corrected chi connectivity index (χ3v) is 4.09. The zero-order chi connectivity index (χ0) is 13.1. The Morgan fingerprint density at radius 1 is 1.00 bits per heavy atom. The van der Waals surface area contributed by atoms with Crippen molar-refractivity contribution in [1.29, 1.82) is 0 Å². The fourth-order valence-electron chi connectivity index (χ4n) is 2.90. The number of para-hydroxylation sites is 1. The van der Waals surface area contributed by atoms with Crippen LogP contribution in [0.4, 0.5) is 0 Å². The maximum Gasteiger partial charge on any atom is 0.187 e. The van der Waals surface area contributed by atoms with Gasteiger partial charge < -0.3 is 14.6 Å². The van der Waals surface area contributed by atoms with E-state index < -0.39 is 6.29 Å². The van der Waals surface area contributed by atoms with E-state index in [4.69, 9.17) is 9.47 Å². The van der Waals surface area contributed by atoms with Gasteiger partial charge in [-0.15, -0.1) is 0 Å². The van der Waals surface area contributed by atoms with Gasteiger partial charge in [-0.2, -0.15) is 0 Å². The van der Waals surface area contributed by atoms with E-state index in [1.54, 1.807) is 12.1 Å². The Kier molecular flexibility index (Phi) is 3.85. The number of ether oxygens (including phenoxy) is 2. The highest BCUT2D eigenvalue weighted by Crippen LogP contribution is 2.35. The van der Waals surface area contributed by atoms with E-state index in [1.165, 1.54) is 12.8 Å². The van der Waals surface area contributed by atoms with Crippen LogP contribution in [0.1, 0.15) is 31.1 Å². The number of aromatic hydroxyl groups is 1. The van der Waals surface area contributed by atoms with Gasteiger partial charge in [0, 0.05) is 11.5 Å². The molecule has 102 valence electrons. The van der Waals surface area contributed by atoms with Crippen molar-refractivity contribution in [1.82, 2.24) is 0 Å². The summed E-state index contributed by atoms with van der Waals surface area (Å²) in [6, 6.07) is 7.21. The number of benzene rings is 1. The summed E-state index contributed by atoms with van der Waals surface area (Å²) in [6.45, 7) is 1.44. The summed E-state index contributed by atoms with van der Waals surface area (Å²) in [6.07, 6.45) is 7.64. The van der Waals surface area contributed by atoms with Crippen LogP contribution in [0.2, 0.25) is 0 Å². The van der Waals surface area contributed by atoms with E-state index in [2.05, 4.69) is 12.2 Å². The first-order valence-electron chi connectivity index (χ1n) is 7.00. The van der Waals surface area contributed by atoms with E-state index in [1.807, 2.05) is 12.1 Å².